The molecule has 0 fully saturated rings. The predicted molar refractivity (Wildman–Crippen MR) is 179 cm³/mol. The smallest absolute Gasteiger partial charge is 0.335 e. The normalized spacial score (nSPS) is 12.1. The molecule has 2 N–H and O–H groups in total. The number of halogens is 2. The minimum atomic E-state index is -1.05. The van der Waals surface area contributed by atoms with Gasteiger partial charge in [-0.3, -0.25) is 14.2 Å². The van der Waals surface area contributed by atoms with Crippen molar-refractivity contribution in [3.8, 4) is 5.69 Å². The standard InChI is InChI=1S/C34H38Cl2N4O5/c1-20(2)15-16-37-19-23-11-14-29-25(17-23)32(42)40(34(44)39(29)5)24-12-9-22(10-13-24)18-28(33(43)45-21(3)4)38-31(41)30-26(35)7-6-8-27(30)36/h6-14,17,20-21,28,37H,15-16,18-19H2,1-5H3,(H,38,41)/t28-/m0/s1. The molecule has 1 amide bonds. The molecule has 238 valence electrons. The van der Waals surface area contributed by atoms with Crippen molar-refractivity contribution in [2.75, 3.05) is 6.54 Å². The monoisotopic (exact) mass is 652 g/mol. The first-order valence-corrected chi connectivity index (χ1v) is 15.6. The van der Waals surface area contributed by atoms with Gasteiger partial charge in [0, 0.05) is 20.0 Å². The maximum Gasteiger partial charge on any atom is 0.335 e. The molecule has 1 atom stereocenters. The Kier molecular flexibility index (Phi) is 11.3. The number of hydrogen-bond donors (Lipinski definition) is 2. The van der Waals surface area contributed by atoms with Crippen LogP contribution >= 0.6 is 23.2 Å². The SMILES string of the molecule is CC(C)CCNCc1ccc2c(c1)c(=O)n(-c1ccc(C[C@H](NC(=O)c3c(Cl)cccc3Cl)C(=O)OC(C)C)cc1)c(=O)n2C. The van der Waals surface area contributed by atoms with Crippen LogP contribution in [0.5, 0.6) is 0 Å². The van der Waals surface area contributed by atoms with Crippen LogP contribution in [0.4, 0.5) is 0 Å². The molecule has 0 unspecified atom stereocenters. The third-order valence-electron chi connectivity index (χ3n) is 7.33. The Morgan fingerprint density at radius 2 is 1.56 bits per heavy atom. The van der Waals surface area contributed by atoms with Crippen molar-refractivity contribution in [1.29, 1.82) is 0 Å². The zero-order valence-corrected chi connectivity index (χ0v) is 27.5. The largest absolute Gasteiger partial charge is 0.461 e. The summed E-state index contributed by atoms with van der Waals surface area (Å²) in [5.41, 5.74) is 1.68. The summed E-state index contributed by atoms with van der Waals surface area (Å²) in [6.07, 6.45) is 0.722. The Balaban J connectivity index is 1.61. The van der Waals surface area contributed by atoms with Crippen LogP contribution in [0.25, 0.3) is 16.6 Å². The third-order valence-corrected chi connectivity index (χ3v) is 7.96. The molecule has 1 aromatic heterocycles. The third kappa shape index (κ3) is 8.22. The van der Waals surface area contributed by atoms with Crippen LogP contribution in [0.2, 0.25) is 10.0 Å². The first-order valence-electron chi connectivity index (χ1n) is 14.9. The molecule has 0 aliphatic heterocycles. The van der Waals surface area contributed by atoms with Gasteiger partial charge in [-0.05, 0) is 80.3 Å². The Morgan fingerprint density at radius 3 is 2.18 bits per heavy atom. The van der Waals surface area contributed by atoms with E-state index in [1.807, 2.05) is 12.1 Å². The molecule has 45 heavy (non-hydrogen) atoms. The molecule has 0 saturated heterocycles. The van der Waals surface area contributed by atoms with E-state index in [2.05, 4.69) is 24.5 Å². The highest BCUT2D eigenvalue weighted by atomic mass is 35.5. The summed E-state index contributed by atoms with van der Waals surface area (Å²) < 4.78 is 7.98. The van der Waals surface area contributed by atoms with E-state index in [-0.39, 0.29) is 22.0 Å². The number of hydrogen-bond acceptors (Lipinski definition) is 6. The van der Waals surface area contributed by atoms with Crippen molar-refractivity contribution in [1.82, 2.24) is 19.8 Å². The number of aryl methyl sites for hydroxylation is 1. The van der Waals surface area contributed by atoms with Crippen molar-refractivity contribution in [3.63, 3.8) is 0 Å². The van der Waals surface area contributed by atoms with E-state index < -0.39 is 35.3 Å². The topological polar surface area (TPSA) is 111 Å². The second-order valence-electron chi connectivity index (χ2n) is 11.7. The molecule has 0 aliphatic carbocycles. The molecule has 0 spiro atoms. The van der Waals surface area contributed by atoms with Gasteiger partial charge in [-0.25, -0.2) is 14.2 Å². The fraction of sp³-hybridized carbons (Fsp3) is 0.353. The van der Waals surface area contributed by atoms with Crippen molar-refractivity contribution in [2.45, 2.75) is 59.2 Å². The van der Waals surface area contributed by atoms with E-state index in [1.54, 1.807) is 57.3 Å². The molecule has 3 aromatic carbocycles. The van der Waals surface area contributed by atoms with Crippen LogP contribution in [0.1, 0.15) is 55.6 Å². The minimum Gasteiger partial charge on any atom is -0.461 e. The van der Waals surface area contributed by atoms with Gasteiger partial charge in [-0.15, -0.1) is 0 Å². The maximum absolute atomic E-state index is 13.6. The number of rotatable bonds is 12. The lowest BCUT2D eigenvalue weighted by Crippen LogP contribution is -2.44. The lowest BCUT2D eigenvalue weighted by molar-refractivity contribution is -0.149. The number of fused-ring (bicyclic) bond motifs is 1. The predicted octanol–water partition coefficient (Wildman–Crippen LogP) is 5.42. The molecule has 11 heteroatoms. The van der Waals surface area contributed by atoms with Gasteiger partial charge in [0.2, 0.25) is 0 Å². The van der Waals surface area contributed by atoms with Gasteiger partial charge in [-0.1, -0.05) is 61.3 Å². The van der Waals surface area contributed by atoms with Crippen LogP contribution in [0.15, 0.2) is 70.3 Å². The number of nitrogens with one attached hydrogen (secondary N) is 2. The Hall–Kier alpha value is -3.92. The fourth-order valence-corrected chi connectivity index (χ4v) is 5.51. The second-order valence-corrected chi connectivity index (χ2v) is 12.5. The highest BCUT2D eigenvalue weighted by Gasteiger charge is 2.26. The summed E-state index contributed by atoms with van der Waals surface area (Å²) in [6.45, 7) is 9.24. The van der Waals surface area contributed by atoms with Crippen LogP contribution < -0.4 is 21.9 Å². The van der Waals surface area contributed by atoms with Crippen LogP contribution in [-0.2, 0) is 29.5 Å². The number of carbonyl (C=O) groups is 2. The van der Waals surface area contributed by atoms with E-state index in [0.717, 1.165) is 23.1 Å². The average molecular weight is 654 g/mol. The lowest BCUT2D eigenvalue weighted by Gasteiger charge is -2.20. The second kappa shape index (κ2) is 14.9. The summed E-state index contributed by atoms with van der Waals surface area (Å²) in [5, 5.41) is 6.83. The van der Waals surface area contributed by atoms with Crippen LogP contribution in [0.3, 0.4) is 0 Å². The quantitative estimate of drug-likeness (QED) is 0.156. The molecule has 9 nitrogen and oxygen atoms in total. The van der Waals surface area contributed by atoms with Gasteiger partial charge >= 0.3 is 11.7 Å². The molecule has 1 heterocycles. The average Bonchev–Trinajstić information content (AvgIpc) is 2.98. The first kappa shape index (κ1) is 34.0. The molecule has 0 aliphatic rings. The number of benzene rings is 3. The van der Waals surface area contributed by atoms with Gasteiger partial charge < -0.3 is 15.4 Å². The molecule has 4 aromatic rings. The fourth-order valence-electron chi connectivity index (χ4n) is 4.94. The molecule has 0 saturated carbocycles. The summed E-state index contributed by atoms with van der Waals surface area (Å²) in [6, 6.07) is 15.8. The first-order chi connectivity index (χ1) is 21.4. The van der Waals surface area contributed by atoms with Crippen molar-refractivity contribution in [2.24, 2.45) is 13.0 Å². The zero-order chi connectivity index (χ0) is 32.8. The number of carbonyl (C=O) groups excluding carboxylic acids is 2. The van der Waals surface area contributed by atoms with Gasteiger partial charge in [0.05, 0.1) is 38.3 Å². The van der Waals surface area contributed by atoms with Gasteiger partial charge in [0.1, 0.15) is 6.04 Å². The van der Waals surface area contributed by atoms with E-state index >= 15 is 0 Å². The van der Waals surface area contributed by atoms with Crippen molar-refractivity contribution in [3.05, 3.63) is 108 Å². The van der Waals surface area contributed by atoms with Gasteiger partial charge in [-0.2, -0.15) is 0 Å². The van der Waals surface area contributed by atoms with Crippen molar-refractivity contribution < 1.29 is 14.3 Å². The lowest BCUT2D eigenvalue weighted by atomic mass is 10.0. The summed E-state index contributed by atoms with van der Waals surface area (Å²) in [7, 11) is 1.63. The highest BCUT2D eigenvalue weighted by Crippen LogP contribution is 2.24. The number of amides is 1. The van der Waals surface area contributed by atoms with Crippen molar-refractivity contribution >= 4 is 46.0 Å². The maximum atomic E-state index is 13.6. The molecule has 4 rings (SSSR count). The minimum absolute atomic E-state index is 0.0551. The van der Waals surface area contributed by atoms with Gasteiger partial charge in [0.25, 0.3) is 11.5 Å². The molecule has 0 radical (unpaired) electrons. The molecular weight excluding hydrogens is 615 g/mol. The highest BCUT2D eigenvalue weighted by molar-refractivity contribution is 6.39. The van der Waals surface area contributed by atoms with Crippen LogP contribution in [-0.4, -0.2) is 39.7 Å². The molecule has 0 bridgehead atoms. The number of ether oxygens (including phenoxy) is 1. The van der Waals surface area contributed by atoms with E-state index in [9.17, 15) is 19.2 Å². The summed E-state index contributed by atoms with van der Waals surface area (Å²) in [4.78, 5) is 53.0. The Bertz CT molecular complexity index is 1790. The Labute approximate surface area is 272 Å². The van der Waals surface area contributed by atoms with E-state index in [1.165, 1.54) is 16.7 Å². The summed E-state index contributed by atoms with van der Waals surface area (Å²) >= 11 is 12.4. The number of nitrogens with zero attached hydrogens (tertiary/aromatic N) is 2. The van der Waals surface area contributed by atoms with Gasteiger partial charge in [0.15, 0.2) is 0 Å². The number of esters is 1. The van der Waals surface area contributed by atoms with E-state index in [4.69, 9.17) is 27.9 Å². The number of aromatic nitrogens is 2. The van der Waals surface area contributed by atoms with Crippen LogP contribution in [0, 0.1) is 5.92 Å². The zero-order valence-electron chi connectivity index (χ0n) is 26.0. The molecular formula is C34H38Cl2N4O5. The van der Waals surface area contributed by atoms with E-state index in [0.29, 0.717) is 34.6 Å². The Morgan fingerprint density at radius 1 is 0.911 bits per heavy atom. The summed E-state index contributed by atoms with van der Waals surface area (Å²) in [5.74, 6) is -0.651.